The van der Waals surface area contributed by atoms with Crippen molar-refractivity contribution in [1.29, 1.82) is 0 Å². The van der Waals surface area contributed by atoms with Crippen molar-refractivity contribution in [2.24, 2.45) is 0 Å². The maximum atomic E-state index is 12.9. The van der Waals surface area contributed by atoms with Crippen molar-refractivity contribution in [3.05, 3.63) is 53.2 Å². The van der Waals surface area contributed by atoms with Crippen LogP contribution < -0.4 is 20.3 Å². The lowest BCUT2D eigenvalue weighted by atomic mass is 9.96. The van der Waals surface area contributed by atoms with E-state index in [9.17, 15) is 9.59 Å². The fourth-order valence-electron chi connectivity index (χ4n) is 5.04. The van der Waals surface area contributed by atoms with Crippen molar-refractivity contribution in [3.8, 4) is 5.75 Å². The van der Waals surface area contributed by atoms with E-state index in [0.29, 0.717) is 29.0 Å². The number of anilines is 1. The molecule has 176 valence electrons. The normalized spacial score (nSPS) is 22.5. The van der Waals surface area contributed by atoms with Crippen molar-refractivity contribution in [3.63, 3.8) is 0 Å². The van der Waals surface area contributed by atoms with Crippen LogP contribution in [0.2, 0.25) is 0 Å². The van der Waals surface area contributed by atoms with Crippen LogP contribution in [0.5, 0.6) is 5.75 Å². The number of carbonyl (C=O) groups is 2. The highest BCUT2D eigenvalue weighted by Gasteiger charge is 2.42. The molecule has 0 radical (unpaired) electrons. The first-order valence-corrected chi connectivity index (χ1v) is 11.5. The first kappa shape index (κ1) is 23.0. The molecule has 2 aliphatic heterocycles. The molecule has 0 spiro atoms. The van der Waals surface area contributed by atoms with Gasteiger partial charge in [0.05, 0.1) is 19.3 Å². The molecule has 0 unspecified atom stereocenters. The molecule has 4 rings (SSSR count). The molecule has 8 nitrogen and oxygen atoms in total. The minimum absolute atomic E-state index is 0.0603. The molecule has 33 heavy (non-hydrogen) atoms. The van der Waals surface area contributed by atoms with Gasteiger partial charge in [-0.05, 0) is 63.8 Å². The number of methoxy groups -OCH3 is 1. The van der Waals surface area contributed by atoms with E-state index in [1.54, 1.807) is 26.3 Å². The molecule has 8 heteroatoms. The second-order valence-electron chi connectivity index (χ2n) is 9.03. The third-order valence-electron chi connectivity index (χ3n) is 6.74. The summed E-state index contributed by atoms with van der Waals surface area (Å²) in [5, 5.41) is 15.1. The molecule has 2 amide bonds. The van der Waals surface area contributed by atoms with Crippen LogP contribution in [0.25, 0.3) is 0 Å². The predicted octanol–water partition coefficient (Wildman–Crippen LogP) is 2.44. The maximum absolute atomic E-state index is 12.9. The number of carbonyl (C=O) groups excluding carboxylic acids is 2. The van der Waals surface area contributed by atoms with Crippen LogP contribution >= 0.6 is 0 Å². The first-order chi connectivity index (χ1) is 15.9. The zero-order chi connectivity index (χ0) is 23.5. The Balaban J connectivity index is 1.40. The van der Waals surface area contributed by atoms with Crippen LogP contribution in [0.4, 0.5) is 5.82 Å². The Morgan fingerprint density at radius 3 is 2.52 bits per heavy atom. The van der Waals surface area contributed by atoms with E-state index in [-0.39, 0.29) is 30.5 Å². The van der Waals surface area contributed by atoms with E-state index in [4.69, 9.17) is 9.84 Å². The number of nitrogens with one attached hydrogen (secondary N) is 2. The number of ether oxygens (including phenoxy) is 1. The number of aromatic nitrogens is 1. The van der Waals surface area contributed by atoms with Crippen LogP contribution in [0.15, 0.2) is 36.5 Å². The Labute approximate surface area is 194 Å². The van der Waals surface area contributed by atoms with Gasteiger partial charge in [0.25, 0.3) is 11.8 Å². The lowest BCUT2D eigenvalue weighted by Gasteiger charge is -2.40. The maximum Gasteiger partial charge on any atom is 0.253 e. The third kappa shape index (κ3) is 4.80. The smallest absolute Gasteiger partial charge is 0.253 e. The SMILES string of the molecule is COc1cccc(C(=O)N[C@H]2C[C@H]3CC[C@@H](C2)N3c2ccc(C(=O)N[C@@H](C)CO)cn2)c1C. The summed E-state index contributed by atoms with van der Waals surface area (Å²) in [5.41, 5.74) is 1.97. The number of pyridine rings is 1. The fourth-order valence-corrected chi connectivity index (χ4v) is 5.04. The van der Waals surface area contributed by atoms with Crippen LogP contribution in [-0.2, 0) is 0 Å². The number of nitrogens with zero attached hydrogens (tertiary/aromatic N) is 2. The average Bonchev–Trinajstić information content (AvgIpc) is 3.09. The van der Waals surface area contributed by atoms with Crippen LogP contribution in [0.1, 0.15) is 58.9 Å². The minimum atomic E-state index is -0.303. The van der Waals surface area contributed by atoms with Gasteiger partial charge < -0.3 is 25.4 Å². The van der Waals surface area contributed by atoms with Gasteiger partial charge in [0.1, 0.15) is 11.6 Å². The van der Waals surface area contributed by atoms with E-state index in [1.165, 1.54) is 0 Å². The van der Waals surface area contributed by atoms with Crippen molar-refractivity contribution >= 4 is 17.6 Å². The largest absolute Gasteiger partial charge is 0.496 e. The van der Waals surface area contributed by atoms with Gasteiger partial charge in [-0.25, -0.2) is 4.98 Å². The average molecular weight is 453 g/mol. The van der Waals surface area contributed by atoms with Gasteiger partial charge in [-0.2, -0.15) is 0 Å². The quantitative estimate of drug-likeness (QED) is 0.596. The van der Waals surface area contributed by atoms with Gasteiger partial charge in [0.15, 0.2) is 0 Å². The summed E-state index contributed by atoms with van der Waals surface area (Å²) >= 11 is 0. The summed E-state index contributed by atoms with van der Waals surface area (Å²) in [6, 6.07) is 9.63. The Morgan fingerprint density at radius 1 is 1.18 bits per heavy atom. The molecule has 2 aliphatic rings. The molecule has 3 heterocycles. The Morgan fingerprint density at radius 2 is 1.91 bits per heavy atom. The monoisotopic (exact) mass is 452 g/mol. The molecule has 0 saturated carbocycles. The number of fused-ring (bicyclic) bond motifs is 2. The van der Waals surface area contributed by atoms with Gasteiger partial charge in [-0.1, -0.05) is 6.07 Å². The topological polar surface area (TPSA) is 104 Å². The number of amides is 2. The highest BCUT2D eigenvalue weighted by atomic mass is 16.5. The van der Waals surface area contributed by atoms with Crippen molar-refractivity contribution in [1.82, 2.24) is 15.6 Å². The predicted molar refractivity (Wildman–Crippen MR) is 126 cm³/mol. The van der Waals surface area contributed by atoms with Gasteiger partial charge in [0, 0.05) is 41.5 Å². The van der Waals surface area contributed by atoms with Crippen molar-refractivity contribution in [2.45, 2.75) is 63.7 Å². The second kappa shape index (κ2) is 9.79. The second-order valence-corrected chi connectivity index (χ2v) is 9.03. The number of aliphatic hydroxyl groups is 1. The summed E-state index contributed by atoms with van der Waals surface area (Å²) in [7, 11) is 1.61. The van der Waals surface area contributed by atoms with Crippen LogP contribution in [-0.4, -0.2) is 59.8 Å². The van der Waals surface area contributed by atoms with E-state index in [2.05, 4.69) is 20.5 Å². The fraction of sp³-hybridized carbons (Fsp3) is 0.480. The Kier molecular flexibility index (Phi) is 6.83. The van der Waals surface area contributed by atoms with Gasteiger partial charge in [-0.15, -0.1) is 0 Å². The highest BCUT2D eigenvalue weighted by molar-refractivity contribution is 5.96. The number of benzene rings is 1. The molecule has 2 aromatic rings. The van der Waals surface area contributed by atoms with E-state index in [0.717, 1.165) is 37.1 Å². The van der Waals surface area contributed by atoms with Crippen LogP contribution in [0.3, 0.4) is 0 Å². The molecule has 3 N–H and O–H groups in total. The lowest BCUT2D eigenvalue weighted by molar-refractivity contribution is 0.0916. The molecule has 1 aromatic heterocycles. The number of piperidine rings is 1. The van der Waals surface area contributed by atoms with Gasteiger partial charge in [-0.3, -0.25) is 9.59 Å². The summed E-state index contributed by atoms with van der Waals surface area (Å²) in [6.07, 6.45) is 5.44. The number of aliphatic hydroxyl groups excluding tert-OH is 1. The van der Waals surface area contributed by atoms with Crippen molar-refractivity contribution < 1.29 is 19.4 Å². The van der Waals surface area contributed by atoms with Crippen molar-refractivity contribution in [2.75, 3.05) is 18.6 Å². The molecule has 2 fully saturated rings. The zero-order valence-corrected chi connectivity index (χ0v) is 19.4. The summed E-state index contributed by atoms with van der Waals surface area (Å²) in [4.78, 5) is 32.1. The third-order valence-corrected chi connectivity index (χ3v) is 6.74. The molecule has 0 aliphatic carbocycles. The van der Waals surface area contributed by atoms with Gasteiger partial charge in [0.2, 0.25) is 0 Å². The Hall–Kier alpha value is -3.13. The molecule has 2 bridgehead atoms. The lowest BCUT2D eigenvalue weighted by Crippen LogP contribution is -2.50. The number of rotatable bonds is 7. The molecule has 1 aromatic carbocycles. The van der Waals surface area contributed by atoms with Crippen LogP contribution in [0, 0.1) is 6.92 Å². The minimum Gasteiger partial charge on any atom is -0.496 e. The number of hydrogen-bond donors (Lipinski definition) is 3. The standard InChI is InChI=1S/C25H32N4O4/c1-15(14-30)27-24(31)17-7-10-23(26-13-17)29-19-8-9-20(29)12-18(11-19)28-25(32)21-5-4-6-22(33-3)16(21)2/h4-7,10,13,15,18-20,30H,8-9,11-12,14H2,1-3H3,(H,27,31)(H,28,32)/t15-,18-,19+,20-/m0/s1. The Bertz CT molecular complexity index is 996. The first-order valence-electron chi connectivity index (χ1n) is 11.5. The molecular weight excluding hydrogens is 420 g/mol. The zero-order valence-electron chi connectivity index (χ0n) is 19.4. The van der Waals surface area contributed by atoms with Gasteiger partial charge >= 0.3 is 0 Å². The summed E-state index contributed by atoms with van der Waals surface area (Å²) in [6.45, 7) is 3.54. The van der Waals surface area contributed by atoms with E-state index >= 15 is 0 Å². The van der Waals surface area contributed by atoms with E-state index in [1.807, 2.05) is 31.2 Å². The molecule has 4 atom stereocenters. The van der Waals surface area contributed by atoms with E-state index < -0.39 is 0 Å². The molecule has 2 saturated heterocycles. The summed E-state index contributed by atoms with van der Waals surface area (Å²) in [5.74, 6) is 1.27. The highest BCUT2D eigenvalue weighted by Crippen LogP contribution is 2.38. The molecular formula is C25H32N4O4. The summed E-state index contributed by atoms with van der Waals surface area (Å²) < 4.78 is 5.35. The number of hydrogen-bond acceptors (Lipinski definition) is 6.